The van der Waals surface area contributed by atoms with Gasteiger partial charge in [-0.15, -0.1) is 5.10 Å². The number of piperazine rings is 1. The third kappa shape index (κ3) is 6.13. The first-order chi connectivity index (χ1) is 19.3. The zero-order valence-electron chi connectivity index (χ0n) is 22.9. The van der Waals surface area contributed by atoms with E-state index < -0.39 is 0 Å². The Labute approximate surface area is 231 Å². The molecule has 3 N–H and O–H groups in total. The Kier molecular flexibility index (Phi) is 8.07. The molecule has 0 saturated carbocycles. The molecule has 1 fully saturated rings. The first-order valence-electron chi connectivity index (χ1n) is 13.1. The van der Waals surface area contributed by atoms with Crippen LogP contribution in [0.4, 0.5) is 22.0 Å². The van der Waals surface area contributed by atoms with Crippen molar-refractivity contribution in [3.05, 3.63) is 48.0 Å². The Hall–Kier alpha value is -4.30. The molecule has 1 aliphatic heterocycles. The Bertz CT molecular complexity index is 1450. The fraction of sp³-hybridized carbons (Fsp3) is 0.423. The number of amides is 1. The maximum Gasteiger partial charge on any atom is 0.259 e. The van der Waals surface area contributed by atoms with Crippen LogP contribution in [0.1, 0.15) is 10.4 Å². The zero-order chi connectivity index (χ0) is 28.2. The molecule has 3 aromatic heterocycles. The van der Waals surface area contributed by atoms with Crippen molar-refractivity contribution in [2.45, 2.75) is 0 Å². The second-order valence-electron chi connectivity index (χ2n) is 9.98. The van der Waals surface area contributed by atoms with E-state index in [1.807, 2.05) is 23.9 Å². The third-order valence-corrected chi connectivity index (χ3v) is 6.82. The van der Waals surface area contributed by atoms with Crippen LogP contribution in [0.15, 0.2) is 41.0 Å². The molecular formula is C26H34FN11O2. The number of hydrogen-bond donors (Lipinski definition) is 2. The third-order valence-electron chi connectivity index (χ3n) is 6.82. The molecule has 0 spiro atoms. The summed E-state index contributed by atoms with van der Waals surface area (Å²) in [7, 11) is 5.64. The van der Waals surface area contributed by atoms with Crippen molar-refractivity contribution in [3.63, 3.8) is 0 Å². The van der Waals surface area contributed by atoms with Crippen molar-refractivity contribution in [1.82, 2.24) is 39.3 Å². The molecule has 0 unspecified atom stereocenters. The number of anilines is 3. The topological polar surface area (TPSA) is 137 Å². The fourth-order valence-electron chi connectivity index (χ4n) is 4.50. The van der Waals surface area contributed by atoms with Gasteiger partial charge in [-0.3, -0.25) is 9.69 Å². The van der Waals surface area contributed by atoms with Crippen LogP contribution in [0.5, 0.6) is 0 Å². The highest BCUT2D eigenvalue weighted by atomic mass is 19.1. The molecule has 0 bridgehead atoms. The highest BCUT2D eigenvalue weighted by Gasteiger charge is 2.21. The number of nitrogen functional groups attached to an aromatic ring is 1. The molecule has 212 valence electrons. The Morgan fingerprint density at radius 1 is 1.10 bits per heavy atom. The Morgan fingerprint density at radius 3 is 2.60 bits per heavy atom. The molecule has 5 rings (SSSR count). The van der Waals surface area contributed by atoms with Crippen LogP contribution in [-0.2, 0) is 0 Å². The van der Waals surface area contributed by atoms with Gasteiger partial charge in [0.1, 0.15) is 5.82 Å². The zero-order valence-corrected chi connectivity index (χ0v) is 22.9. The lowest BCUT2D eigenvalue weighted by molar-refractivity contribution is 0.0786. The predicted octanol–water partition coefficient (Wildman–Crippen LogP) is 1.37. The lowest BCUT2D eigenvalue weighted by Crippen LogP contribution is -2.48. The molecule has 0 aliphatic carbocycles. The average molecular weight is 552 g/mol. The van der Waals surface area contributed by atoms with Gasteiger partial charge in [-0.1, -0.05) is 0 Å². The minimum Gasteiger partial charge on any atom is -0.461 e. The molecule has 1 aliphatic rings. The van der Waals surface area contributed by atoms with E-state index in [1.54, 1.807) is 42.5 Å². The van der Waals surface area contributed by atoms with Gasteiger partial charge in [0.2, 0.25) is 17.7 Å². The number of fused-ring (bicyclic) bond motifs is 1. The number of likely N-dealkylation sites (N-methyl/N-ethyl adjacent to an activating group) is 2. The molecule has 4 heterocycles. The first kappa shape index (κ1) is 27.3. The van der Waals surface area contributed by atoms with Crippen molar-refractivity contribution in [1.29, 1.82) is 0 Å². The minimum absolute atomic E-state index is 0.168. The number of nitrogens with two attached hydrogens (primary N) is 1. The van der Waals surface area contributed by atoms with Gasteiger partial charge in [0.15, 0.2) is 5.76 Å². The molecule has 1 saturated heterocycles. The summed E-state index contributed by atoms with van der Waals surface area (Å²) in [6.07, 6.45) is 1.55. The maximum atomic E-state index is 15.0. The van der Waals surface area contributed by atoms with Crippen LogP contribution in [0.25, 0.3) is 17.4 Å². The molecule has 0 atom stereocenters. The van der Waals surface area contributed by atoms with Gasteiger partial charge in [-0.25, -0.2) is 4.39 Å². The monoisotopic (exact) mass is 551 g/mol. The molecule has 40 heavy (non-hydrogen) atoms. The minimum atomic E-state index is -0.379. The number of nitrogens with zero attached hydrogens (tertiary/aromatic N) is 9. The van der Waals surface area contributed by atoms with E-state index in [9.17, 15) is 4.79 Å². The van der Waals surface area contributed by atoms with Crippen LogP contribution >= 0.6 is 0 Å². The lowest BCUT2D eigenvalue weighted by atomic mass is 10.1. The van der Waals surface area contributed by atoms with E-state index in [-0.39, 0.29) is 17.7 Å². The normalized spacial score (nSPS) is 14.3. The van der Waals surface area contributed by atoms with Crippen LogP contribution in [0, 0.1) is 5.82 Å². The molecule has 4 aromatic rings. The SMILES string of the molecule is CN(C)CCN(C)C(=O)c1ccc(N2CCN(CCNc3nc(N)n4nc(-c5ccco5)nc4n3)CC2)c(F)c1. The van der Waals surface area contributed by atoms with Gasteiger partial charge in [-0.05, 0) is 44.4 Å². The molecule has 0 radical (unpaired) electrons. The van der Waals surface area contributed by atoms with E-state index >= 15 is 4.39 Å². The highest BCUT2D eigenvalue weighted by Crippen LogP contribution is 2.23. The van der Waals surface area contributed by atoms with Crippen LogP contribution in [-0.4, -0.2) is 119 Å². The number of rotatable bonds is 10. The van der Waals surface area contributed by atoms with Crippen LogP contribution in [0.2, 0.25) is 0 Å². The number of benzene rings is 1. The number of aromatic nitrogens is 5. The summed E-state index contributed by atoms with van der Waals surface area (Å²) in [6, 6.07) is 8.27. The standard InChI is InChI=1S/C26H34FN11O2/c1-34(2)10-11-35(3)23(39)18-6-7-20(19(27)17-18)37-14-12-36(13-15-37)9-8-29-25-31-24(28)38-26(32-25)30-22(33-38)21-5-4-16-40-21/h4-7,16-17H,8-15H2,1-3H3,(H3,28,29,30,31,32,33). The van der Waals surface area contributed by atoms with Crippen LogP contribution in [0.3, 0.4) is 0 Å². The summed E-state index contributed by atoms with van der Waals surface area (Å²) in [4.78, 5) is 33.6. The van der Waals surface area contributed by atoms with Gasteiger partial charge in [-0.2, -0.15) is 19.5 Å². The van der Waals surface area contributed by atoms with E-state index in [2.05, 4.69) is 30.3 Å². The van der Waals surface area contributed by atoms with Crippen LogP contribution < -0.4 is 16.0 Å². The van der Waals surface area contributed by atoms with Crippen molar-refractivity contribution in [2.75, 3.05) is 89.5 Å². The second-order valence-corrected chi connectivity index (χ2v) is 9.98. The summed E-state index contributed by atoms with van der Waals surface area (Å²) in [5.41, 5.74) is 6.93. The molecule has 14 heteroatoms. The number of furan rings is 1. The van der Waals surface area contributed by atoms with Gasteiger partial charge in [0.05, 0.1) is 12.0 Å². The summed E-state index contributed by atoms with van der Waals surface area (Å²) in [6.45, 7) is 5.57. The van der Waals surface area contributed by atoms with E-state index in [1.165, 1.54) is 10.6 Å². The van der Waals surface area contributed by atoms with Crippen molar-refractivity contribution >= 4 is 29.3 Å². The van der Waals surface area contributed by atoms with Crippen molar-refractivity contribution < 1.29 is 13.6 Å². The molecule has 1 amide bonds. The Balaban J connectivity index is 1.11. The second kappa shape index (κ2) is 11.8. The largest absolute Gasteiger partial charge is 0.461 e. The molecule has 13 nitrogen and oxygen atoms in total. The number of hydrogen-bond acceptors (Lipinski definition) is 11. The summed E-state index contributed by atoms with van der Waals surface area (Å²) >= 11 is 0. The van der Waals surface area contributed by atoms with E-state index in [0.29, 0.717) is 60.7 Å². The summed E-state index contributed by atoms with van der Waals surface area (Å²) in [5, 5.41) is 7.50. The summed E-state index contributed by atoms with van der Waals surface area (Å²) < 4.78 is 21.7. The average Bonchev–Trinajstić information content (AvgIpc) is 3.62. The van der Waals surface area contributed by atoms with Gasteiger partial charge < -0.3 is 30.2 Å². The number of halogens is 1. The van der Waals surface area contributed by atoms with E-state index in [0.717, 1.165) is 26.2 Å². The predicted molar refractivity (Wildman–Crippen MR) is 150 cm³/mol. The van der Waals surface area contributed by atoms with Gasteiger partial charge >= 0.3 is 0 Å². The van der Waals surface area contributed by atoms with Gasteiger partial charge in [0.25, 0.3) is 11.7 Å². The maximum absolute atomic E-state index is 15.0. The van der Waals surface area contributed by atoms with Crippen molar-refractivity contribution in [2.24, 2.45) is 0 Å². The smallest absolute Gasteiger partial charge is 0.259 e. The Morgan fingerprint density at radius 2 is 1.90 bits per heavy atom. The highest BCUT2D eigenvalue weighted by molar-refractivity contribution is 5.94. The number of carbonyl (C=O) groups is 1. The number of carbonyl (C=O) groups excluding carboxylic acids is 1. The van der Waals surface area contributed by atoms with Gasteiger partial charge in [0, 0.05) is 65.0 Å². The summed E-state index contributed by atoms with van der Waals surface area (Å²) in [5.74, 6) is 1.20. The first-order valence-corrected chi connectivity index (χ1v) is 13.1. The quantitative estimate of drug-likeness (QED) is 0.296. The number of nitrogens with one attached hydrogen (secondary N) is 1. The van der Waals surface area contributed by atoms with E-state index in [4.69, 9.17) is 10.2 Å². The molecule has 1 aromatic carbocycles. The van der Waals surface area contributed by atoms with Crippen molar-refractivity contribution in [3.8, 4) is 11.6 Å². The fourth-order valence-corrected chi connectivity index (χ4v) is 4.50. The molecular weight excluding hydrogens is 517 g/mol. The lowest BCUT2D eigenvalue weighted by Gasteiger charge is -2.36.